The van der Waals surface area contributed by atoms with Gasteiger partial charge >= 0.3 is 29.6 Å². The Hall–Kier alpha value is 0.420. The van der Waals surface area contributed by atoms with Crippen LogP contribution in [0.15, 0.2) is 0 Å². The van der Waals surface area contributed by atoms with Gasteiger partial charge in [0, 0.05) is 0 Å². The zero-order valence-electron chi connectivity index (χ0n) is 2.75. The molecule has 0 spiro atoms. The first-order valence-electron chi connectivity index (χ1n) is 1.07. The Labute approximate surface area is 64.8 Å². The fourth-order valence-corrected chi connectivity index (χ4v) is 0.129. The molecule has 0 aromatic heterocycles. The van der Waals surface area contributed by atoms with Crippen molar-refractivity contribution < 1.29 is 12.6 Å². The van der Waals surface area contributed by atoms with Gasteiger partial charge in [0.2, 0.25) is 0 Å². The van der Waals surface area contributed by atoms with E-state index in [9.17, 15) is 8.42 Å². The molecule has 0 fully saturated rings. The van der Waals surface area contributed by atoms with Gasteiger partial charge in [0.25, 0.3) is 11.0 Å². The average molecular weight is 133 g/mol. The molecule has 0 rings (SSSR count). The van der Waals surface area contributed by atoms with Crippen LogP contribution in [-0.4, -0.2) is 44.4 Å². The van der Waals surface area contributed by atoms with Crippen molar-refractivity contribution in [2.24, 2.45) is 0 Å². The van der Waals surface area contributed by atoms with Gasteiger partial charge in [-0.05, 0) is 0 Å². The van der Waals surface area contributed by atoms with Gasteiger partial charge in [-0.15, -0.1) is 0 Å². The molecule has 0 heterocycles. The van der Waals surface area contributed by atoms with Crippen LogP contribution in [0.2, 0.25) is 0 Å². The number of nitrogens with one attached hydrogen (secondary N) is 1. The maximum absolute atomic E-state index is 9.26. The molecule has 0 saturated carbocycles. The quantitative estimate of drug-likeness (QED) is 0.208. The predicted molar refractivity (Wildman–Crippen MR) is 27.3 cm³/mol. The Bertz CT molecular complexity index is 102. The molecule has 0 amide bonds. The summed E-state index contributed by atoms with van der Waals surface area (Å²) in [5.41, 5.74) is 0. The summed E-state index contributed by atoms with van der Waals surface area (Å²) in [5.74, 6) is 0. The van der Waals surface area contributed by atoms with Gasteiger partial charge in [0.05, 0.1) is 0 Å². The van der Waals surface area contributed by atoms with Gasteiger partial charge in [-0.3, -0.25) is 5.41 Å². The molecule has 38 valence electrons. The van der Waals surface area contributed by atoms with E-state index in [1.54, 1.807) is 0 Å². The third-order valence-corrected chi connectivity index (χ3v) is 0.416. The van der Waals surface area contributed by atoms with Gasteiger partial charge in [0.1, 0.15) is 0 Å². The Morgan fingerprint density at radius 1 is 1.57 bits per heavy atom. The van der Waals surface area contributed by atoms with E-state index < -0.39 is 11.0 Å². The van der Waals surface area contributed by atoms with Crippen LogP contribution in [0.4, 0.5) is 0 Å². The fraction of sp³-hybridized carbons (Fsp3) is 0. The maximum atomic E-state index is 9.26. The summed E-state index contributed by atoms with van der Waals surface area (Å²) >= 11 is 0. The summed E-state index contributed by atoms with van der Waals surface area (Å²) in [5, 5.41) is 6.00. The molecule has 0 aliphatic rings. The van der Waals surface area contributed by atoms with Crippen LogP contribution < -0.4 is 0 Å². The number of hydrogen-bond acceptors (Lipinski definition) is 4. The molecule has 0 unspecified atom stereocenters. The third kappa shape index (κ3) is 10.7. The van der Waals surface area contributed by atoms with E-state index in [0.717, 1.165) is 0 Å². The van der Waals surface area contributed by atoms with E-state index >= 15 is 0 Å². The van der Waals surface area contributed by atoms with Crippen LogP contribution in [0.25, 0.3) is 0 Å². The molecule has 7 heavy (non-hydrogen) atoms. The molecular weight excluding hydrogens is 129 g/mol. The second-order valence-electron chi connectivity index (χ2n) is 0.447. The van der Waals surface area contributed by atoms with E-state index in [1.165, 1.54) is 0 Å². The summed E-state index contributed by atoms with van der Waals surface area (Å²) in [4.78, 5) is 0. The second kappa shape index (κ2) is 6.42. The van der Waals surface area contributed by atoms with Crippen LogP contribution in [0.1, 0.15) is 0 Å². The van der Waals surface area contributed by atoms with E-state index in [0.29, 0.717) is 6.40 Å². The normalized spacial score (nSPS) is 7.00. The summed E-state index contributed by atoms with van der Waals surface area (Å²) in [6.45, 7) is 0. The molecule has 0 aliphatic heterocycles. The summed E-state index contributed by atoms with van der Waals surface area (Å²) in [6.07, 6.45) is 0.353. The molecule has 0 radical (unpaired) electrons. The Morgan fingerprint density at radius 3 is 2.00 bits per heavy atom. The fourth-order valence-electron chi connectivity index (χ4n) is 0.0430. The topological polar surface area (TPSA) is 67.2 Å². The van der Waals surface area contributed by atoms with Gasteiger partial charge in [-0.25, -0.2) is 0 Å². The number of rotatable bonds is 2. The molecule has 0 aromatic carbocycles. The van der Waals surface area contributed by atoms with Gasteiger partial charge in [-0.1, -0.05) is 0 Å². The van der Waals surface area contributed by atoms with Crippen molar-refractivity contribution in [3.63, 3.8) is 0 Å². The standard InChI is InChI=1S/CH3NO3S.Na.H/c2-1-5-6(3)4;;/h1-2,6H;;. The molecular formula is CH4NNaO3S. The van der Waals surface area contributed by atoms with Gasteiger partial charge in [-0.2, -0.15) is 8.42 Å². The Balaban J connectivity index is 0. The van der Waals surface area contributed by atoms with E-state index in [2.05, 4.69) is 4.18 Å². The Morgan fingerprint density at radius 2 is 2.00 bits per heavy atom. The minimum atomic E-state index is -2.84. The third-order valence-electron chi connectivity index (χ3n) is 0.139. The van der Waals surface area contributed by atoms with Crippen molar-refractivity contribution in [3.8, 4) is 0 Å². The first kappa shape index (κ1) is 10.4. The van der Waals surface area contributed by atoms with Crippen molar-refractivity contribution in [1.29, 1.82) is 5.41 Å². The van der Waals surface area contributed by atoms with Crippen LogP contribution in [-0.2, 0) is 15.2 Å². The van der Waals surface area contributed by atoms with Crippen molar-refractivity contribution in [2.75, 3.05) is 0 Å². The zero-order valence-corrected chi connectivity index (χ0v) is 3.64. The van der Waals surface area contributed by atoms with Crippen molar-refractivity contribution >= 4 is 46.9 Å². The first-order chi connectivity index (χ1) is 2.77. The summed E-state index contributed by atoms with van der Waals surface area (Å²) in [7, 11) is -2.84. The molecule has 0 aromatic rings. The zero-order chi connectivity index (χ0) is 4.99. The van der Waals surface area contributed by atoms with E-state index in [1.807, 2.05) is 0 Å². The minimum absolute atomic E-state index is 0. The van der Waals surface area contributed by atoms with Crippen LogP contribution in [0.5, 0.6) is 0 Å². The molecule has 1 N–H and O–H groups in total. The van der Waals surface area contributed by atoms with Gasteiger partial charge in [0.15, 0.2) is 6.40 Å². The molecule has 4 nitrogen and oxygen atoms in total. The van der Waals surface area contributed by atoms with Gasteiger partial charge < -0.3 is 4.18 Å². The molecule has 0 bridgehead atoms. The monoisotopic (exact) mass is 133 g/mol. The molecule has 0 atom stereocenters. The molecule has 0 aliphatic carbocycles. The average Bonchev–Trinajstić information content (AvgIpc) is 1.35. The Kier molecular flexibility index (Phi) is 9.55. The van der Waals surface area contributed by atoms with Crippen LogP contribution in [0.3, 0.4) is 0 Å². The number of thiol groups is 1. The second-order valence-corrected chi connectivity index (χ2v) is 1.10. The van der Waals surface area contributed by atoms with Crippen molar-refractivity contribution in [3.05, 3.63) is 0 Å². The summed E-state index contributed by atoms with van der Waals surface area (Å²) in [6, 6.07) is 0. The summed E-state index contributed by atoms with van der Waals surface area (Å²) < 4.78 is 22.1. The van der Waals surface area contributed by atoms with Crippen molar-refractivity contribution in [1.82, 2.24) is 0 Å². The van der Waals surface area contributed by atoms with Crippen LogP contribution in [0, 0.1) is 5.41 Å². The predicted octanol–water partition coefficient (Wildman–Crippen LogP) is -1.51. The van der Waals surface area contributed by atoms with Crippen LogP contribution >= 0.6 is 0 Å². The first-order valence-corrected chi connectivity index (χ1v) is 2.17. The number of hydrogen-bond donors (Lipinski definition) is 2. The van der Waals surface area contributed by atoms with E-state index in [4.69, 9.17) is 5.41 Å². The van der Waals surface area contributed by atoms with Crippen molar-refractivity contribution in [2.45, 2.75) is 0 Å². The van der Waals surface area contributed by atoms with E-state index in [-0.39, 0.29) is 29.6 Å². The molecule has 6 heteroatoms. The SMILES string of the molecule is N=CO[SH](=O)=O.[NaH]. The molecule has 0 saturated heterocycles.